The number of carbonyl (C=O) groups is 2. The van der Waals surface area contributed by atoms with Gasteiger partial charge >= 0.3 is 5.97 Å². The Hall–Kier alpha value is -2.85. The second-order valence-electron chi connectivity index (χ2n) is 8.65. The van der Waals surface area contributed by atoms with Crippen LogP contribution in [-0.4, -0.2) is 35.1 Å². The highest BCUT2D eigenvalue weighted by Gasteiger charge is 2.34. The van der Waals surface area contributed by atoms with Crippen LogP contribution in [0.1, 0.15) is 47.4 Å². The molecule has 0 saturated carbocycles. The second kappa shape index (κ2) is 9.31. The molecular weight excluding hydrogens is 400 g/mol. The van der Waals surface area contributed by atoms with Crippen LogP contribution in [0.25, 0.3) is 0 Å². The molecule has 0 spiro atoms. The fraction of sp³-hybridized carbons (Fsp3) is 0.435. The van der Waals surface area contributed by atoms with Gasteiger partial charge in [0.2, 0.25) is 5.91 Å². The normalized spacial score (nSPS) is 18.4. The van der Waals surface area contributed by atoms with E-state index in [2.05, 4.69) is 55.0 Å². The summed E-state index contributed by atoms with van der Waals surface area (Å²) in [5.74, 6) is 5.39. The van der Waals surface area contributed by atoms with Crippen LogP contribution in [0.4, 0.5) is 0 Å². The number of aromatic carboxylic acids is 1. The molecule has 1 saturated heterocycles. The van der Waals surface area contributed by atoms with Crippen molar-refractivity contribution in [3.05, 3.63) is 45.9 Å². The van der Waals surface area contributed by atoms with Gasteiger partial charge in [0.25, 0.3) is 0 Å². The molecule has 0 bridgehead atoms. The van der Waals surface area contributed by atoms with Gasteiger partial charge in [-0.1, -0.05) is 50.2 Å². The minimum absolute atomic E-state index is 0.0234. The molecule has 3 rings (SSSR count). The first kappa shape index (κ1) is 21.8. The summed E-state index contributed by atoms with van der Waals surface area (Å²) in [6.45, 7) is 7.61. The van der Waals surface area contributed by atoms with Crippen LogP contribution in [0, 0.1) is 29.1 Å². The third-order valence-electron chi connectivity index (χ3n) is 4.78. The van der Waals surface area contributed by atoms with Gasteiger partial charge in [-0.05, 0) is 35.5 Å². The molecule has 30 heavy (non-hydrogen) atoms. The maximum absolute atomic E-state index is 12.2. The van der Waals surface area contributed by atoms with Gasteiger partial charge in [-0.25, -0.2) is 9.78 Å². The molecule has 1 aromatic heterocycles. The summed E-state index contributed by atoms with van der Waals surface area (Å²) in [5, 5.41) is 12.3. The monoisotopic (exact) mass is 426 g/mol. The van der Waals surface area contributed by atoms with Crippen molar-refractivity contribution in [1.29, 1.82) is 0 Å². The van der Waals surface area contributed by atoms with E-state index in [9.17, 15) is 9.59 Å². The van der Waals surface area contributed by atoms with Crippen molar-refractivity contribution >= 4 is 23.2 Å². The van der Waals surface area contributed by atoms with Crippen molar-refractivity contribution in [2.24, 2.45) is 17.3 Å². The van der Waals surface area contributed by atoms with E-state index in [0.29, 0.717) is 24.6 Å². The molecule has 6 nitrogen and oxygen atoms in total. The number of hydrogen-bond donors (Lipinski definition) is 2. The molecule has 1 aliphatic rings. The number of nitrogens with zero attached hydrogens (tertiary/aromatic N) is 1. The van der Waals surface area contributed by atoms with Gasteiger partial charge < -0.3 is 15.2 Å². The molecule has 1 fully saturated rings. The molecule has 158 valence electrons. The quantitative estimate of drug-likeness (QED) is 0.689. The molecule has 2 atom stereocenters. The van der Waals surface area contributed by atoms with E-state index in [1.807, 2.05) is 12.1 Å². The van der Waals surface area contributed by atoms with Crippen LogP contribution in [0.3, 0.4) is 0 Å². The van der Waals surface area contributed by atoms with Crippen molar-refractivity contribution < 1.29 is 19.4 Å². The largest absolute Gasteiger partial charge is 0.493 e. The average Bonchev–Trinajstić information content (AvgIpc) is 3.27. The van der Waals surface area contributed by atoms with Crippen molar-refractivity contribution in [2.75, 3.05) is 13.2 Å². The number of ether oxygens (including phenoxy) is 1. The number of rotatable bonds is 6. The molecule has 0 unspecified atom stereocenters. The molecule has 2 N–H and O–H groups in total. The molecule has 7 heteroatoms. The van der Waals surface area contributed by atoms with Crippen LogP contribution in [0.5, 0.6) is 5.75 Å². The summed E-state index contributed by atoms with van der Waals surface area (Å²) < 4.78 is 6.00. The highest BCUT2D eigenvalue weighted by atomic mass is 32.1. The molecule has 1 aromatic carbocycles. The van der Waals surface area contributed by atoms with Crippen LogP contribution in [-0.2, 0) is 11.2 Å². The number of nitrogens with one attached hydrogen (secondary N) is 1. The zero-order chi connectivity index (χ0) is 21.7. The van der Waals surface area contributed by atoms with Gasteiger partial charge in [0.1, 0.15) is 10.6 Å². The Labute approximate surface area is 180 Å². The molecule has 2 heterocycles. The number of carboxylic acid groups (broad SMARTS) is 1. The highest BCUT2D eigenvalue weighted by molar-refractivity contribution is 7.14. The Balaban J connectivity index is 1.58. The lowest BCUT2D eigenvalue weighted by molar-refractivity contribution is -0.122. The summed E-state index contributed by atoms with van der Waals surface area (Å²) >= 11 is 1.03. The van der Waals surface area contributed by atoms with E-state index in [1.54, 1.807) is 0 Å². The van der Waals surface area contributed by atoms with Gasteiger partial charge in [0.05, 0.1) is 18.7 Å². The van der Waals surface area contributed by atoms with E-state index >= 15 is 0 Å². The van der Waals surface area contributed by atoms with Crippen molar-refractivity contribution in [2.45, 2.75) is 33.6 Å². The molecule has 0 radical (unpaired) electrons. The smallest absolute Gasteiger partial charge is 0.347 e. The lowest BCUT2D eigenvalue weighted by atomic mass is 9.88. The van der Waals surface area contributed by atoms with Crippen molar-refractivity contribution in [1.82, 2.24) is 10.3 Å². The summed E-state index contributed by atoms with van der Waals surface area (Å²) in [6.07, 6.45) is 2.64. The summed E-state index contributed by atoms with van der Waals surface area (Å²) in [5.41, 5.74) is 1.43. The Morgan fingerprint density at radius 3 is 2.90 bits per heavy atom. The summed E-state index contributed by atoms with van der Waals surface area (Å²) in [7, 11) is 0. The number of carboxylic acids is 1. The molecule has 1 aliphatic heterocycles. The first-order chi connectivity index (χ1) is 14.2. The lowest BCUT2D eigenvalue weighted by Crippen LogP contribution is -2.22. The highest BCUT2D eigenvalue weighted by Crippen LogP contribution is 2.26. The van der Waals surface area contributed by atoms with Crippen LogP contribution < -0.4 is 10.1 Å². The lowest BCUT2D eigenvalue weighted by Gasteiger charge is -2.19. The van der Waals surface area contributed by atoms with Crippen LogP contribution in [0.2, 0.25) is 0 Å². The van der Waals surface area contributed by atoms with E-state index in [0.717, 1.165) is 23.5 Å². The predicted octanol–water partition coefficient (Wildman–Crippen LogP) is 3.61. The van der Waals surface area contributed by atoms with Gasteiger partial charge in [-0.2, -0.15) is 0 Å². The number of hydrogen-bond acceptors (Lipinski definition) is 5. The van der Waals surface area contributed by atoms with E-state index in [-0.39, 0.29) is 28.0 Å². The number of thiazole rings is 1. The topological polar surface area (TPSA) is 88.5 Å². The first-order valence-electron chi connectivity index (χ1n) is 9.89. The molecule has 2 aromatic rings. The summed E-state index contributed by atoms with van der Waals surface area (Å²) in [6, 6.07) is 8.10. The van der Waals surface area contributed by atoms with Crippen molar-refractivity contribution in [3.63, 3.8) is 0 Å². The van der Waals surface area contributed by atoms with Gasteiger partial charge in [-0.3, -0.25) is 4.79 Å². The zero-order valence-corrected chi connectivity index (χ0v) is 18.2. The third kappa shape index (κ3) is 6.07. The van der Waals surface area contributed by atoms with Gasteiger partial charge in [-0.15, -0.1) is 0 Å². The molecule has 1 amide bonds. The van der Waals surface area contributed by atoms with Crippen molar-refractivity contribution in [3.8, 4) is 17.6 Å². The number of amides is 1. The first-order valence-corrected chi connectivity index (χ1v) is 10.7. The second-order valence-corrected chi connectivity index (χ2v) is 9.68. The zero-order valence-electron chi connectivity index (χ0n) is 17.4. The summed E-state index contributed by atoms with van der Waals surface area (Å²) in [4.78, 5) is 27.3. The SMILES string of the molecule is CC(C)(C)Cc1cccc(OC[C@H]2CNC(=O)[C@@H]2CC#Cc2ncc(C(=O)O)s2)c1. The third-order valence-corrected chi connectivity index (χ3v) is 5.68. The number of aromatic nitrogens is 1. The van der Waals surface area contributed by atoms with E-state index in [4.69, 9.17) is 9.84 Å². The minimum Gasteiger partial charge on any atom is -0.493 e. The Morgan fingerprint density at radius 1 is 1.40 bits per heavy atom. The fourth-order valence-electron chi connectivity index (χ4n) is 3.38. The Kier molecular flexibility index (Phi) is 6.78. The Bertz CT molecular complexity index is 981. The maximum atomic E-state index is 12.2. The molecular formula is C23H26N2O4S. The number of carbonyl (C=O) groups excluding carboxylic acids is 1. The average molecular weight is 427 g/mol. The Morgan fingerprint density at radius 2 is 2.20 bits per heavy atom. The fourth-order valence-corrected chi connectivity index (χ4v) is 4.01. The maximum Gasteiger partial charge on any atom is 0.347 e. The van der Waals surface area contributed by atoms with Crippen LogP contribution in [0.15, 0.2) is 30.5 Å². The standard InChI is InChI=1S/C23H26N2O4S/c1-23(2,3)11-15-6-4-7-17(10-15)29-14-16-12-25-21(26)18(16)8-5-9-20-24-13-19(30-20)22(27)28/h4,6-7,10,13,16,18H,8,11-12,14H2,1-3H3,(H,25,26)(H,27,28)/t16-,18-/m1/s1. The molecule has 0 aliphatic carbocycles. The van der Waals surface area contributed by atoms with Crippen LogP contribution >= 0.6 is 11.3 Å². The van der Waals surface area contributed by atoms with Gasteiger partial charge in [0, 0.05) is 18.9 Å². The predicted molar refractivity (Wildman–Crippen MR) is 116 cm³/mol. The van der Waals surface area contributed by atoms with E-state index in [1.165, 1.54) is 11.8 Å². The minimum atomic E-state index is -1.01. The number of benzene rings is 1. The van der Waals surface area contributed by atoms with E-state index < -0.39 is 5.97 Å². The van der Waals surface area contributed by atoms with Gasteiger partial charge in [0.15, 0.2) is 5.01 Å².